The van der Waals surface area contributed by atoms with Crippen molar-refractivity contribution in [2.45, 2.75) is 13.0 Å². The first-order valence-corrected chi connectivity index (χ1v) is 9.39. The maximum Gasteiger partial charge on any atom is 0.319 e. The molecule has 0 fully saturated rings. The van der Waals surface area contributed by atoms with Gasteiger partial charge in [0.2, 0.25) is 0 Å². The number of aromatic nitrogens is 3. The summed E-state index contributed by atoms with van der Waals surface area (Å²) >= 11 is 0. The van der Waals surface area contributed by atoms with Gasteiger partial charge in [-0.25, -0.2) is 9.48 Å². The number of benzene rings is 3. The average molecular weight is 400 g/mol. The summed E-state index contributed by atoms with van der Waals surface area (Å²) < 4.78 is 1.47. The molecule has 0 unspecified atom stereocenters. The molecular formula is C22H20N6O2. The lowest BCUT2D eigenvalue weighted by Crippen LogP contribution is -2.31. The Bertz CT molecular complexity index is 1210. The van der Waals surface area contributed by atoms with Gasteiger partial charge in [-0.2, -0.15) is 0 Å². The minimum atomic E-state index is -0.632. The summed E-state index contributed by atoms with van der Waals surface area (Å²) in [5.41, 5.74) is 7.70. The second-order valence-corrected chi connectivity index (χ2v) is 6.85. The van der Waals surface area contributed by atoms with Gasteiger partial charge in [-0.15, -0.1) is 5.10 Å². The van der Waals surface area contributed by atoms with Gasteiger partial charge >= 0.3 is 6.03 Å². The van der Waals surface area contributed by atoms with Crippen molar-refractivity contribution in [1.29, 1.82) is 0 Å². The van der Waals surface area contributed by atoms with E-state index in [0.717, 1.165) is 27.7 Å². The largest absolute Gasteiger partial charge is 0.364 e. The number of nitrogens with two attached hydrogens (primary N) is 1. The Morgan fingerprint density at radius 1 is 1.00 bits per heavy atom. The maximum absolute atomic E-state index is 12.5. The normalized spacial score (nSPS) is 11.8. The lowest BCUT2D eigenvalue weighted by atomic mass is 10.1. The van der Waals surface area contributed by atoms with E-state index in [4.69, 9.17) is 5.73 Å². The molecule has 3 amide bonds. The topological polar surface area (TPSA) is 115 Å². The van der Waals surface area contributed by atoms with Crippen LogP contribution in [0.15, 0.2) is 72.9 Å². The van der Waals surface area contributed by atoms with Crippen LogP contribution in [-0.2, 0) is 0 Å². The molecule has 0 spiro atoms. The molecule has 0 aliphatic heterocycles. The van der Waals surface area contributed by atoms with Gasteiger partial charge in [0.25, 0.3) is 5.91 Å². The van der Waals surface area contributed by atoms with Crippen molar-refractivity contribution >= 4 is 28.4 Å². The van der Waals surface area contributed by atoms with Crippen LogP contribution in [0.3, 0.4) is 0 Å². The quantitative estimate of drug-likeness (QED) is 0.476. The van der Waals surface area contributed by atoms with E-state index >= 15 is 0 Å². The van der Waals surface area contributed by atoms with Gasteiger partial charge in [-0.1, -0.05) is 53.7 Å². The minimum Gasteiger partial charge on any atom is -0.364 e. The van der Waals surface area contributed by atoms with Gasteiger partial charge in [0.1, 0.15) is 0 Å². The number of rotatable bonds is 5. The number of fused-ring (bicyclic) bond motifs is 1. The van der Waals surface area contributed by atoms with Gasteiger partial charge < -0.3 is 16.4 Å². The van der Waals surface area contributed by atoms with E-state index in [0.29, 0.717) is 0 Å². The van der Waals surface area contributed by atoms with Gasteiger partial charge in [-0.05, 0) is 36.1 Å². The Kier molecular flexibility index (Phi) is 5.13. The molecule has 1 heterocycles. The molecule has 8 heteroatoms. The fourth-order valence-electron chi connectivity index (χ4n) is 3.19. The Hall–Kier alpha value is -4.20. The Labute approximate surface area is 172 Å². The number of nitrogens with one attached hydrogen (secondary N) is 2. The summed E-state index contributed by atoms with van der Waals surface area (Å²) in [6, 6.07) is 20.6. The second kappa shape index (κ2) is 8.04. The fourth-order valence-corrected chi connectivity index (χ4v) is 3.19. The highest BCUT2D eigenvalue weighted by atomic mass is 16.2. The summed E-state index contributed by atoms with van der Waals surface area (Å²) in [6.07, 6.45) is 1.47. The molecule has 4 aromatic rings. The van der Waals surface area contributed by atoms with Crippen LogP contribution in [0.25, 0.3) is 16.5 Å². The average Bonchev–Trinajstić information content (AvgIpc) is 3.25. The van der Waals surface area contributed by atoms with Gasteiger partial charge in [0.05, 0.1) is 23.6 Å². The molecule has 30 heavy (non-hydrogen) atoms. The molecule has 150 valence electrons. The number of carbonyl (C=O) groups is 2. The van der Waals surface area contributed by atoms with Crippen molar-refractivity contribution in [3.63, 3.8) is 0 Å². The smallest absolute Gasteiger partial charge is 0.319 e. The van der Waals surface area contributed by atoms with E-state index in [9.17, 15) is 9.59 Å². The van der Waals surface area contributed by atoms with Crippen molar-refractivity contribution < 1.29 is 9.59 Å². The Balaban J connectivity index is 1.43. The summed E-state index contributed by atoms with van der Waals surface area (Å²) in [5, 5.41) is 15.5. The second-order valence-electron chi connectivity index (χ2n) is 6.85. The lowest BCUT2D eigenvalue weighted by molar-refractivity contribution is 0.0995. The van der Waals surface area contributed by atoms with Crippen LogP contribution in [-0.4, -0.2) is 26.9 Å². The molecule has 0 saturated heterocycles. The highest BCUT2D eigenvalue weighted by Crippen LogP contribution is 2.23. The number of amides is 3. The molecule has 3 aromatic carbocycles. The number of primary amides is 1. The van der Waals surface area contributed by atoms with E-state index in [2.05, 4.69) is 20.9 Å². The molecule has 0 aliphatic rings. The molecule has 0 saturated carbocycles. The highest BCUT2D eigenvalue weighted by Gasteiger charge is 2.12. The maximum atomic E-state index is 12.5. The van der Waals surface area contributed by atoms with Crippen LogP contribution < -0.4 is 16.4 Å². The zero-order valence-corrected chi connectivity index (χ0v) is 16.2. The monoisotopic (exact) mass is 400 g/mol. The Morgan fingerprint density at radius 2 is 1.73 bits per heavy atom. The highest BCUT2D eigenvalue weighted by molar-refractivity contribution is 6.01. The van der Waals surface area contributed by atoms with Crippen molar-refractivity contribution in [3.8, 4) is 5.69 Å². The van der Waals surface area contributed by atoms with E-state index in [-0.39, 0.29) is 17.8 Å². The van der Waals surface area contributed by atoms with Crippen molar-refractivity contribution in [3.05, 3.63) is 84.2 Å². The van der Waals surface area contributed by atoms with Gasteiger partial charge in [-0.3, -0.25) is 4.79 Å². The summed E-state index contributed by atoms with van der Waals surface area (Å²) in [5.74, 6) is -0.632. The van der Waals surface area contributed by atoms with E-state index < -0.39 is 5.91 Å². The van der Waals surface area contributed by atoms with Gasteiger partial charge in [0.15, 0.2) is 5.69 Å². The van der Waals surface area contributed by atoms with Crippen LogP contribution in [0.2, 0.25) is 0 Å². The van der Waals surface area contributed by atoms with Crippen LogP contribution in [0.5, 0.6) is 0 Å². The summed E-state index contributed by atoms with van der Waals surface area (Å²) in [4.78, 5) is 23.7. The summed E-state index contributed by atoms with van der Waals surface area (Å²) in [6.45, 7) is 1.90. The van der Waals surface area contributed by atoms with E-state index in [1.54, 1.807) is 0 Å². The van der Waals surface area contributed by atoms with Crippen LogP contribution in [0, 0.1) is 0 Å². The molecule has 0 aliphatic carbocycles. The number of nitrogens with zero attached hydrogens (tertiary/aromatic N) is 3. The zero-order valence-electron chi connectivity index (χ0n) is 16.2. The number of anilines is 1. The van der Waals surface area contributed by atoms with Crippen molar-refractivity contribution in [2.75, 3.05) is 5.32 Å². The molecule has 4 rings (SSSR count). The predicted molar refractivity (Wildman–Crippen MR) is 114 cm³/mol. The first-order valence-electron chi connectivity index (χ1n) is 9.39. The minimum absolute atomic E-state index is 0.0965. The van der Waals surface area contributed by atoms with Crippen LogP contribution in [0.4, 0.5) is 10.5 Å². The number of urea groups is 1. The van der Waals surface area contributed by atoms with E-state index in [1.165, 1.54) is 10.9 Å². The number of hydrogen-bond acceptors (Lipinski definition) is 4. The third kappa shape index (κ3) is 3.97. The number of hydrogen-bond donors (Lipinski definition) is 3. The van der Waals surface area contributed by atoms with Crippen molar-refractivity contribution in [2.24, 2.45) is 5.73 Å². The third-order valence-corrected chi connectivity index (χ3v) is 4.79. The standard InChI is InChI=1S/C22H20N6O2/c1-14(15-9-11-17(12-10-15)28-13-20(21(23)29)26-27-28)24-22(30)25-19-8-4-6-16-5-2-3-7-18(16)19/h2-14H,1H3,(H2,23,29)(H2,24,25,30)/t14-/m0/s1. The first-order chi connectivity index (χ1) is 14.5. The molecule has 0 radical (unpaired) electrons. The molecule has 8 nitrogen and oxygen atoms in total. The molecule has 1 aromatic heterocycles. The van der Waals surface area contributed by atoms with Crippen LogP contribution in [0.1, 0.15) is 29.0 Å². The number of carbonyl (C=O) groups excluding carboxylic acids is 2. The molecular weight excluding hydrogens is 380 g/mol. The first kappa shape index (κ1) is 19.1. The molecule has 4 N–H and O–H groups in total. The van der Waals surface area contributed by atoms with Crippen LogP contribution >= 0.6 is 0 Å². The van der Waals surface area contributed by atoms with Crippen molar-refractivity contribution in [1.82, 2.24) is 20.3 Å². The fraction of sp³-hybridized carbons (Fsp3) is 0.0909. The van der Waals surface area contributed by atoms with Gasteiger partial charge in [0, 0.05) is 5.39 Å². The third-order valence-electron chi connectivity index (χ3n) is 4.79. The predicted octanol–water partition coefficient (Wildman–Crippen LogP) is 3.40. The molecule has 0 bridgehead atoms. The van der Waals surface area contributed by atoms with E-state index in [1.807, 2.05) is 73.7 Å². The zero-order chi connectivity index (χ0) is 21.1. The SMILES string of the molecule is C[C@H](NC(=O)Nc1cccc2ccccc12)c1ccc(-n2cc(C(N)=O)nn2)cc1. The molecule has 1 atom stereocenters. The summed E-state index contributed by atoms with van der Waals surface area (Å²) in [7, 11) is 0. The lowest BCUT2D eigenvalue weighted by Gasteiger charge is -2.16. The Morgan fingerprint density at radius 3 is 2.47 bits per heavy atom.